The number of nitrogens with two attached hydrogens (primary N) is 1. The number of aromatic nitrogens is 3. The summed E-state index contributed by atoms with van der Waals surface area (Å²) in [6.45, 7) is 8.29. The number of hydrogen-bond acceptors (Lipinski definition) is 10. The molecule has 0 aliphatic carbocycles. The van der Waals surface area contributed by atoms with Crippen LogP contribution in [0.3, 0.4) is 0 Å². The molecule has 2 aromatic heterocycles. The molecule has 9 nitrogen and oxygen atoms in total. The van der Waals surface area contributed by atoms with E-state index in [0.29, 0.717) is 24.3 Å². The first-order chi connectivity index (χ1) is 17.5. The van der Waals surface area contributed by atoms with Crippen molar-refractivity contribution in [3.8, 4) is 5.75 Å². The number of aliphatic hydroxyl groups excluding tert-OH is 1. The van der Waals surface area contributed by atoms with Crippen LogP contribution in [-0.2, 0) is 11.3 Å². The van der Waals surface area contributed by atoms with Gasteiger partial charge < -0.3 is 30.1 Å². The fraction of sp³-hybridized carbons (Fsp3) is 0.654. The minimum atomic E-state index is -0.156. The van der Waals surface area contributed by atoms with Crippen LogP contribution in [0, 0.1) is 11.3 Å². The minimum absolute atomic E-state index is 0.0461. The van der Waals surface area contributed by atoms with E-state index in [-0.39, 0.29) is 24.2 Å². The third kappa shape index (κ3) is 4.12. The molecule has 194 valence electrons. The second-order valence-electron chi connectivity index (χ2n) is 10.7. The van der Waals surface area contributed by atoms with Gasteiger partial charge in [-0.25, -0.2) is 15.0 Å². The Morgan fingerprint density at radius 3 is 2.81 bits per heavy atom. The maximum atomic E-state index is 10.1. The van der Waals surface area contributed by atoms with Gasteiger partial charge in [-0.15, -0.1) is 0 Å². The number of pyridine rings is 1. The molecule has 2 aromatic rings. The monoisotopic (exact) mass is 512 g/mol. The van der Waals surface area contributed by atoms with E-state index in [1.54, 1.807) is 6.20 Å². The van der Waals surface area contributed by atoms with Gasteiger partial charge in [0.25, 0.3) is 0 Å². The molecular weight excluding hydrogens is 476 g/mol. The van der Waals surface area contributed by atoms with Gasteiger partial charge in [-0.05, 0) is 38.2 Å². The van der Waals surface area contributed by atoms with Gasteiger partial charge >= 0.3 is 0 Å². The topological polar surface area (TPSA) is 110 Å². The molecule has 6 heterocycles. The maximum absolute atomic E-state index is 10.1. The van der Waals surface area contributed by atoms with Gasteiger partial charge in [-0.2, -0.15) is 0 Å². The predicted molar refractivity (Wildman–Crippen MR) is 139 cm³/mol. The third-order valence-corrected chi connectivity index (χ3v) is 9.64. The standard InChI is InChI=1S/C26H36N6O3S/c1-3-17-10-18-14-34-22-20(4-7-28-25(22)32(18)12-17)36-21-11-29-24(19(13-33)30-21)31-8-5-26(6-9-31)15-35-16(2)23(26)27/h4,7,11,16-18,23,33H,3,5-6,8-10,12-15,27H2,1-2H3/t16-,17-,18-,23+/m0/s1. The number of anilines is 2. The third-order valence-electron chi connectivity index (χ3n) is 8.69. The molecule has 10 heteroatoms. The molecule has 36 heavy (non-hydrogen) atoms. The van der Waals surface area contributed by atoms with E-state index in [2.05, 4.69) is 28.6 Å². The van der Waals surface area contributed by atoms with Crippen LogP contribution in [0.15, 0.2) is 28.4 Å². The summed E-state index contributed by atoms with van der Waals surface area (Å²) in [5.74, 6) is 3.22. The quantitative estimate of drug-likeness (QED) is 0.620. The molecule has 6 rings (SSSR count). The molecule has 0 amide bonds. The summed E-state index contributed by atoms with van der Waals surface area (Å²) in [4.78, 5) is 19.8. The lowest BCUT2D eigenvalue weighted by Crippen LogP contribution is -2.51. The van der Waals surface area contributed by atoms with E-state index in [9.17, 15) is 5.11 Å². The van der Waals surface area contributed by atoms with Crippen LogP contribution in [0.1, 0.15) is 45.2 Å². The molecule has 0 saturated carbocycles. The van der Waals surface area contributed by atoms with E-state index in [1.165, 1.54) is 18.2 Å². The molecule has 0 bridgehead atoms. The number of ether oxygens (including phenoxy) is 2. The van der Waals surface area contributed by atoms with Crippen molar-refractivity contribution in [2.75, 3.05) is 42.6 Å². The lowest BCUT2D eigenvalue weighted by Gasteiger charge is -2.41. The van der Waals surface area contributed by atoms with Crippen LogP contribution in [0.25, 0.3) is 0 Å². The van der Waals surface area contributed by atoms with Gasteiger partial charge in [-0.1, -0.05) is 25.1 Å². The largest absolute Gasteiger partial charge is 0.486 e. The second kappa shape index (κ2) is 9.63. The Hall–Kier alpha value is -2.14. The van der Waals surface area contributed by atoms with Gasteiger partial charge in [0.05, 0.1) is 36.5 Å². The summed E-state index contributed by atoms with van der Waals surface area (Å²) in [5.41, 5.74) is 7.13. The first-order valence-corrected chi connectivity index (χ1v) is 14.0. The SMILES string of the molecule is CC[C@H]1C[C@H]2COc3c(Sc4cnc(N5CCC6(CC5)CO[C@@H](C)[C@H]6N)c(CO)n4)ccnc3N2C1. The van der Waals surface area contributed by atoms with E-state index >= 15 is 0 Å². The molecule has 1 spiro atoms. The maximum Gasteiger partial charge on any atom is 0.175 e. The Balaban J connectivity index is 1.19. The number of piperidine rings is 1. The average Bonchev–Trinajstić information content (AvgIpc) is 3.46. The van der Waals surface area contributed by atoms with Crippen molar-refractivity contribution in [3.63, 3.8) is 0 Å². The number of aliphatic hydroxyl groups is 1. The van der Waals surface area contributed by atoms with E-state index < -0.39 is 0 Å². The van der Waals surface area contributed by atoms with Crippen LogP contribution >= 0.6 is 11.8 Å². The van der Waals surface area contributed by atoms with Gasteiger partial charge in [0.1, 0.15) is 17.3 Å². The number of rotatable bonds is 5. The number of nitrogens with zero attached hydrogens (tertiary/aromatic N) is 5. The Morgan fingerprint density at radius 1 is 1.25 bits per heavy atom. The van der Waals surface area contributed by atoms with Crippen molar-refractivity contribution in [1.29, 1.82) is 0 Å². The van der Waals surface area contributed by atoms with Gasteiger partial charge in [-0.3, -0.25) is 0 Å². The smallest absolute Gasteiger partial charge is 0.175 e. The van der Waals surface area contributed by atoms with E-state index in [1.807, 2.05) is 12.3 Å². The van der Waals surface area contributed by atoms with Gasteiger partial charge in [0, 0.05) is 37.3 Å². The summed E-state index contributed by atoms with van der Waals surface area (Å²) in [5, 5.41) is 10.9. The van der Waals surface area contributed by atoms with Gasteiger partial charge in [0.15, 0.2) is 17.4 Å². The summed E-state index contributed by atoms with van der Waals surface area (Å²) < 4.78 is 12.1. The van der Waals surface area contributed by atoms with Crippen LogP contribution in [0.4, 0.5) is 11.6 Å². The van der Waals surface area contributed by atoms with Crippen LogP contribution < -0.4 is 20.3 Å². The molecule has 4 aliphatic heterocycles. The van der Waals surface area contributed by atoms with Crippen molar-refractivity contribution in [3.05, 3.63) is 24.2 Å². The zero-order valence-electron chi connectivity index (χ0n) is 21.1. The highest BCUT2D eigenvalue weighted by molar-refractivity contribution is 7.99. The van der Waals surface area contributed by atoms with Crippen molar-refractivity contribution in [2.24, 2.45) is 17.1 Å². The first-order valence-electron chi connectivity index (χ1n) is 13.2. The molecule has 3 N–H and O–H groups in total. The summed E-state index contributed by atoms with van der Waals surface area (Å²) >= 11 is 1.52. The molecular formula is C26H36N6O3S. The van der Waals surface area contributed by atoms with Crippen LogP contribution in [0.2, 0.25) is 0 Å². The Kier molecular flexibility index (Phi) is 6.47. The lowest BCUT2D eigenvalue weighted by molar-refractivity contribution is 0.0973. The van der Waals surface area contributed by atoms with Crippen LogP contribution in [0.5, 0.6) is 5.75 Å². The van der Waals surface area contributed by atoms with Crippen molar-refractivity contribution < 1.29 is 14.6 Å². The lowest BCUT2D eigenvalue weighted by atomic mass is 9.73. The minimum Gasteiger partial charge on any atom is -0.486 e. The fourth-order valence-corrected chi connectivity index (χ4v) is 7.18. The zero-order valence-corrected chi connectivity index (χ0v) is 21.9. The van der Waals surface area contributed by atoms with Crippen LogP contribution in [-0.4, -0.2) is 71.1 Å². The summed E-state index contributed by atoms with van der Waals surface area (Å²) in [6, 6.07) is 2.45. The zero-order chi connectivity index (χ0) is 24.9. The Morgan fingerprint density at radius 2 is 2.08 bits per heavy atom. The molecule has 0 radical (unpaired) electrons. The highest BCUT2D eigenvalue weighted by atomic mass is 32.2. The fourth-order valence-electron chi connectivity index (χ4n) is 6.32. The Labute approximate surface area is 216 Å². The number of hydrogen-bond donors (Lipinski definition) is 2. The number of fused-ring (bicyclic) bond motifs is 3. The normalized spacial score (nSPS) is 28.8. The molecule has 4 atom stereocenters. The highest BCUT2D eigenvalue weighted by Crippen LogP contribution is 2.46. The van der Waals surface area contributed by atoms with Crippen molar-refractivity contribution >= 4 is 23.4 Å². The highest BCUT2D eigenvalue weighted by Gasteiger charge is 2.47. The van der Waals surface area contributed by atoms with Gasteiger partial charge in [0.2, 0.25) is 0 Å². The Bertz CT molecular complexity index is 1110. The molecule has 3 saturated heterocycles. The first kappa shape index (κ1) is 24.2. The summed E-state index contributed by atoms with van der Waals surface area (Å²) in [7, 11) is 0. The molecule has 0 aromatic carbocycles. The summed E-state index contributed by atoms with van der Waals surface area (Å²) in [6.07, 6.45) is 8.02. The predicted octanol–water partition coefficient (Wildman–Crippen LogP) is 2.85. The van der Waals surface area contributed by atoms with Crippen molar-refractivity contribution in [1.82, 2.24) is 15.0 Å². The average molecular weight is 513 g/mol. The van der Waals surface area contributed by atoms with Crippen molar-refractivity contribution in [2.45, 2.75) is 74.2 Å². The molecule has 4 aliphatic rings. The molecule has 0 unspecified atom stereocenters. The molecule has 3 fully saturated rings. The van der Waals surface area contributed by atoms with E-state index in [0.717, 1.165) is 72.8 Å². The van der Waals surface area contributed by atoms with E-state index in [4.69, 9.17) is 25.2 Å². The second-order valence-corrected chi connectivity index (χ2v) is 11.8.